The van der Waals surface area contributed by atoms with Gasteiger partial charge in [0.15, 0.2) is 11.6 Å². The van der Waals surface area contributed by atoms with E-state index in [2.05, 4.69) is 37.7 Å². The van der Waals surface area contributed by atoms with E-state index in [1.807, 2.05) is 36.9 Å². The summed E-state index contributed by atoms with van der Waals surface area (Å²) in [6.45, 7) is 4.88. The number of nitrogens with zero attached hydrogens (tertiary/aromatic N) is 4. The molecule has 3 aliphatic rings. The maximum atomic E-state index is 14.2. The van der Waals surface area contributed by atoms with E-state index >= 15 is 0 Å². The van der Waals surface area contributed by atoms with E-state index in [-0.39, 0.29) is 23.9 Å². The highest BCUT2D eigenvalue weighted by atomic mass is 19.1. The SMILES string of the molecule is COc1ncc(F)c(NC2=NCC3=C2CN(C(=O)N[C@@H]2C[C@H]2c2ccccc2)C3(C)C)n1. The van der Waals surface area contributed by atoms with Crippen molar-refractivity contribution in [3.05, 3.63) is 59.1 Å². The second-order valence-corrected chi connectivity index (χ2v) is 8.75. The van der Waals surface area contributed by atoms with Crippen molar-refractivity contribution in [3.63, 3.8) is 0 Å². The molecule has 1 saturated carbocycles. The topological polar surface area (TPSA) is 91.7 Å². The predicted molar refractivity (Wildman–Crippen MR) is 118 cm³/mol. The molecule has 1 fully saturated rings. The average molecular weight is 436 g/mol. The molecule has 0 bridgehead atoms. The van der Waals surface area contributed by atoms with Gasteiger partial charge in [-0.2, -0.15) is 4.98 Å². The van der Waals surface area contributed by atoms with Crippen molar-refractivity contribution < 1.29 is 13.9 Å². The van der Waals surface area contributed by atoms with E-state index in [4.69, 9.17) is 4.74 Å². The van der Waals surface area contributed by atoms with E-state index in [9.17, 15) is 9.18 Å². The highest BCUT2D eigenvalue weighted by Crippen LogP contribution is 2.42. The van der Waals surface area contributed by atoms with Crippen molar-refractivity contribution in [2.45, 2.75) is 37.8 Å². The van der Waals surface area contributed by atoms with Crippen LogP contribution in [-0.4, -0.2) is 58.5 Å². The van der Waals surface area contributed by atoms with Crippen LogP contribution in [0.1, 0.15) is 31.7 Å². The van der Waals surface area contributed by atoms with Gasteiger partial charge in [0.1, 0.15) is 5.84 Å². The molecule has 1 aromatic heterocycles. The molecular weight excluding hydrogens is 411 g/mol. The van der Waals surface area contributed by atoms with E-state index in [0.717, 1.165) is 23.8 Å². The molecule has 32 heavy (non-hydrogen) atoms. The molecule has 2 atom stereocenters. The number of benzene rings is 1. The molecule has 3 heterocycles. The van der Waals surface area contributed by atoms with Crippen LogP contribution < -0.4 is 15.4 Å². The zero-order chi connectivity index (χ0) is 22.5. The third-order valence-corrected chi connectivity index (χ3v) is 6.49. The number of hydrogen-bond acceptors (Lipinski definition) is 6. The largest absolute Gasteiger partial charge is 0.467 e. The van der Waals surface area contributed by atoms with Crippen LogP contribution >= 0.6 is 0 Å². The highest BCUT2D eigenvalue weighted by molar-refractivity contribution is 6.11. The standard InChI is InChI=1S/C23H25FN6O2/c1-23(2)16-10-25-19(28-20-17(24)11-26-21(29-20)32-3)15(16)12-30(23)22(31)27-18-9-14(18)13-7-5-4-6-8-13/h4-8,11,14,18H,9-10,12H2,1-3H3,(H,27,31)(H,25,26,28,29)/t14-,18+/m0/s1. The number of amides is 2. The molecule has 5 rings (SSSR count). The molecule has 0 spiro atoms. The fourth-order valence-corrected chi connectivity index (χ4v) is 4.49. The molecular formula is C23H25FN6O2. The normalized spacial score (nSPS) is 23.0. The van der Waals surface area contributed by atoms with Gasteiger partial charge in [-0.25, -0.2) is 14.2 Å². The smallest absolute Gasteiger partial charge is 0.318 e. The van der Waals surface area contributed by atoms with Gasteiger partial charge in [-0.15, -0.1) is 0 Å². The summed E-state index contributed by atoms with van der Waals surface area (Å²) in [5.74, 6) is 0.278. The number of carbonyl (C=O) groups is 1. The van der Waals surface area contributed by atoms with Crippen molar-refractivity contribution >= 4 is 17.7 Å². The molecule has 2 amide bonds. The van der Waals surface area contributed by atoms with Crippen molar-refractivity contribution in [1.82, 2.24) is 20.2 Å². The minimum atomic E-state index is -0.602. The molecule has 2 aliphatic heterocycles. The Balaban J connectivity index is 1.28. The Labute approximate surface area is 185 Å². The van der Waals surface area contributed by atoms with Crippen LogP contribution in [0.4, 0.5) is 15.0 Å². The highest BCUT2D eigenvalue weighted by Gasteiger charge is 2.47. The maximum absolute atomic E-state index is 14.2. The Morgan fingerprint density at radius 3 is 2.81 bits per heavy atom. The van der Waals surface area contributed by atoms with Crippen LogP contribution in [0.3, 0.4) is 0 Å². The molecule has 2 aromatic rings. The number of aromatic nitrogens is 2. The number of hydrogen-bond donors (Lipinski definition) is 2. The Bertz CT molecular complexity index is 1130. The van der Waals surface area contributed by atoms with Gasteiger partial charge in [0.25, 0.3) is 0 Å². The number of halogens is 1. The third kappa shape index (κ3) is 3.47. The zero-order valence-corrected chi connectivity index (χ0v) is 18.2. The summed E-state index contributed by atoms with van der Waals surface area (Å²) in [4.78, 5) is 27.3. The summed E-state index contributed by atoms with van der Waals surface area (Å²) in [7, 11) is 1.42. The number of anilines is 1. The van der Waals surface area contributed by atoms with E-state index in [1.54, 1.807) is 0 Å². The van der Waals surface area contributed by atoms with Gasteiger partial charge in [-0.05, 0) is 31.4 Å². The summed E-state index contributed by atoms with van der Waals surface area (Å²) in [6.07, 6.45) is 2.00. The summed E-state index contributed by atoms with van der Waals surface area (Å²) < 4.78 is 19.2. The molecule has 0 radical (unpaired) electrons. The lowest BCUT2D eigenvalue weighted by atomic mass is 9.94. The summed E-state index contributed by atoms with van der Waals surface area (Å²) in [5.41, 5.74) is 2.70. The third-order valence-electron chi connectivity index (χ3n) is 6.49. The van der Waals surface area contributed by atoms with Gasteiger partial charge < -0.3 is 20.3 Å². The van der Waals surface area contributed by atoms with Crippen LogP contribution in [0.15, 0.2) is 52.7 Å². The number of amidine groups is 1. The first-order valence-electron chi connectivity index (χ1n) is 10.6. The van der Waals surface area contributed by atoms with Gasteiger partial charge in [0.2, 0.25) is 0 Å². The van der Waals surface area contributed by atoms with Gasteiger partial charge in [-0.1, -0.05) is 30.3 Å². The van der Waals surface area contributed by atoms with Crippen LogP contribution in [0.5, 0.6) is 6.01 Å². The number of carbonyl (C=O) groups excluding carboxylic acids is 1. The quantitative estimate of drug-likeness (QED) is 0.769. The molecule has 0 unspecified atom stereocenters. The molecule has 1 aliphatic carbocycles. The minimum absolute atomic E-state index is 0.00580. The van der Waals surface area contributed by atoms with E-state index < -0.39 is 11.4 Å². The number of rotatable bonds is 4. The summed E-state index contributed by atoms with van der Waals surface area (Å²) in [5, 5.41) is 6.14. The fraction of sp³-hybridized carbons (Fsp3) is 0.391. The first-order chi connectivity index (χ1) is 15.4. The van der Waals surface area contributed by atoms with Gasteiger partial charge in [-0.3, -0.25) is 4.99 Å². The first-order valence-corrected chi connectivity index (χ1v) is 10.6. The van der Waals surface area contributed by atoms with Gasteiger partial charge in [0, 0.05) is 17.5 Å². The molecule has 9 heteroatoms. The first kappa shape index (κ1) is 20.4. The van der Waals surface area contributed by atoms with Crippen molar-refractivity contribution in [2.75, 3.05) is 25.5 Å². The van der Waals surface area contributed by atoms with Crippen LogP contribution in [0.2, 0.25) is 0 Å². The van der Waals surface area contributed by atoms with Crippen LogP contribution in [0, 0.1) is 5.82 Å². The van der Waals surface area contributed by atoms with E-state index in [0.29, 0.717) is 24.8 Å². The number of nitrogens with one attached hydrogen (secondary N) is 2. The van der Waals surface area contributed by atoms with Gasteiger partial charge in [0.05, 0.1) is 31.9 Å². The lowest BCUT2D eigenvalue weighted by molar-refractivity contribution is 0.170. The maximum Gasteiger partial charge on any atom is 0.318 e. The van der Waals surface area contributed by atoms with Crippen molar-refractivity contribution in [3.8, 4) is 6.01 Å². The van der Waals surface area contributed by atoms with Crippen molar-refractivity contribution in [1.29, 1.82) is 0 Å². The second-order valence-electron chi connectivity index (χ2n) is 8.75. The Morgan fingerprint density at radius 2 is 2.06 bits per heavy atom. The molecule has 8 nitrogen and oxygen atoms in total. The second kappa shape index (κ2) is 7.58. The Kier molecular flexibility index (Phi) is 4.83. The summed E-state index contributed by atoms with van der Waals surface area (Å²) in [6, 6.07) is 10.4. The van der Waals surface area contributed by atoms with E-state index in [1.165, 1.54) is 12.7 Å². The fourth-order valence-electron chi connectivity index (χ4n) is 4.49. The summed E-state index contributed by atoms with van der Waals surface area (Å²) >= 11 is 0. The number of methoxy groups -OCH3 is 1. The number of ether oxygens (including phenoxy) is 1. The lowest BCUT2D eigenvalue weighted by Gasteiger charge is -2.34. The molecule has 2 N–H and O–H groups in total. The van der Waals surface area contributed by atoms with Crippen molar-refractivity contribution in [2.24, 2.45) is 4.99 Å². The predicted octanol–water partition coefficient (Wildman–Crippen LogP) is 3.10. The molecule has 1 aromatic carbocycles. The monoisotopic (exact) mass is 436 g/mol. The lowest BCUT2D eigenvalue weighted by Crippen LogP contribution is -2.51. The van der Waals surface area contributed by atoms with Crippen LogP contribution in [-0.2, 0) is 0 Å². The zero-order valence-electron chi connectivity index (χ0n) is 18.2. The van der Waals surface area contributed by atoms with Crippen LogP contribution in [0.25, 0.3) is 0 Å². The number of aliphatic imine (C=N–C) groups is 1. The minimum Gasteiger partial charge on any atom is -0.467 e. The number of urea groups is 1. The average Bonchev–Trinajstić information content (AvgIpc) is 3.34. The molecule has 0 saturated heterocycles. The Morgan fingerprint density at radius 1 is 1.28 bits per heavy atom. The Hall–Kier alpha value is -3.49. The molecule has 166 valence electrons. The van der Waals surface area contributed by atoms with Gasteiger partial charge >= 0.3 is 12.0 Å².